The summed E-state index contributed by atoms with van der Waals surface area (Å²) in [7, 11) is 0. The highest BCUT2D eigenvalue weighted by Gasteiger charge is 2.36. The van der Waals surface area contributed by atoms with E-state index in [1.165, 1.54) is 57.8 Å². The van der Waals surface area contributed by atoms with E-state index >= 15 is 0 Å². The molecule has 3 rings (SSSR count). The Hall–Kier alpha value is -1.06. The molecule has 3 aliphatic carbocycles. The van der Waals surface area contributed by atoms with Gasteiger partial charge in [-0.1, -0.05) is 32.6 Å². The quantitative estimate of drug-likeness (QED) is 0.441. The van der Waals surface area contributed by atoms with Crippen LogP contribution >= 0.6 is 0 Å². The van der Waals surface area contributed by atoms with Crippen molar-refractivity contribution in [1.29, 1.82) is 0 Å². The SMILES string of the molecule is CCCCC1CCC2CC(COC3=C(F)C(F)=C(OCC)CC3)CCC2C1. The van der Waals surface area contributed by atoms with Gasteiger partial charge >= 0.3 is 0 Å². The van der Waals surface area contributed by atoms with Crippen molar-refractivity contribution in [1.82, 2.24) is 0 Å². The van der Waals surface area contributed by atoms with Gasteiger partial charge in [0.2, 0.25) is 0 Å². The Balaban J connectivity index is 1.47. The molecule has 0 radical (unpaired) electrons. The fraction of sp³-hybridized carbons (Fsp3) is 0.826. The summed E-state index contributed by atoms with van der Waals surface area (Å²) >= 11 is 0. The van der Waals surface area contributed by atoms with Crippen LogP contribution in [0.25, 0.3) is 0 Å². The molecule has 27 heavy (non-hydrogen) atoms. The Morgan fingerprint density at radius 3 is 2.04 bits per heavy atom. The molecule has 0 aromatic heterocycles. The van der Waals surface area contributed by atoms with Crippen molar-refractivity contribution >= 4 is 0 Å². The van der Waals surface area contributed by atoms with Crippen LogP contribution in [0.3, 0.4) is 0 Å². The zero-order valence-corrected chi connectivity index (χ0v) is 17.1. The molecule has 0 N–H and O–H groups in total. The molecule has 0 amide bonds. The molecule has 2 nitrogen and oxygen atoms in total. The minimum Gasteiger partial charge on any atom is -0.495 e. The molecule has 0 heterocycles. The fourth-order valence-electron chi connectivity index (χ4n) is 5.35. The average Bonchev–Trinajstić information content (AvgIpc) is 2.69. The van der Waals surface area contributed by atoms with Crippen molar-refractivity contribution in [2.45, 2.75) is 84.5 Å². The Morgan fingerprint density at radius 1 is 0.815 bits per heavy atom. The lowest BCUT2D eigenvalue weighted by Gasteiger charge is -2.42. The Labute approximate surface area is 163 Å². The molecule has 0 aromatic rings. The molecule has 2 saturated carbocycles. The maximum absolute atomic E-state index is 14.2. The number of unbranched alkanes of at least 4 members (excludes halogenated alkanes) is 1. The summed E-state index contributed by atoms with van der Waals surface area (Å²) in [6.45, 7) is 4.95. The normalized spacial score (nSPS) is 31.7. The number of halogens is 2. The highest BCUT2D eigenvalue weighted by atomic mass is 19.2. The number of hydrogen-bond donors (Lipinski definition) is 0. The molecule has 4 heteroatoms. The standard InChI is InChI=1S/C23H36F2O2/c1-3-5-6-16-7-9-19-14-17(8-10-18(19)13-16)15-27-21-12-11-20(26-4-2)22(24)23(21)25/h16-19H,3-15H2,1-2H3. The largest absolute Gasteiger partial charge is 0.495 e. The first kappa shape index (κ1) is 20.7. The lowest BCUT2D eigenvalue weighted by Crippen LogP contribution is -2.32. The third-order valence-electron chi connectivity index (χ3n) is 6.87. The van der Waals surface area contributed by atoms with E-state index in [0.29, 0.717) is 32.0 Å². The van der Waals surface area contributed by atoms with Gasteiger partial charge in [0, 0.05) is 12.8 Å². The summed E-state index contributed by atoms with van der Waals surface area (Å²) in [6.07, 6.45) is 12.6. The first-order chi connectivity index (χ1) is 13.1. The lowest BCUT2D eigenvalue weighted by atomic mass is 9.64. The van der Waals surface area contributed by atoms with Gasteiger partial charge in [0.25, 0.3) is 0 Å². The molecule has 154 valence electrons. The van der Waals surface area contributed by atoms with E-state index in [1.807, 2.05) is 0 Å². The van der Waals surface area contributed by atoms with Gasteiger partial charge in [-0.05, 0) is 62.7 Å². The Bertz CT molecular complexity index is 555. The van der Waals surface area contributed by atoms with Crippen molar-refractivity contribution in [3.8, 4) is 0 Å². The maximum atomic E-state index is 14.2. The van der Waals surface area contributed by atoms with Gasteiger partial charge in [-0.25, -0.2) is 0 Å². The van der Waals surface area contributed by atoms with Crippen LogP contribution in [0.1, 0.15) is 84.5 Å². The van der Waals surface area contributed by atoms with Crippen molar-refractivity contribution in [2.75, 3.05) is 13.2 Å². The van der Waals surface area contributed by atoms with Crippen LogP contribution in [0.5, 0.6) is 0 Å². The second-order valence-electron chi connectivity index (χ2n) is 8.74. The van der Waals surface area contributed by atoms with E-state index in [0.717, 1.165) is 17.8 Å². The van der Waals surface area contributed by atoms with Crippen LogP contribution in [0.15, 0.2) is 23.2 Å². The van der Waals surface area contributed by atoms with E-state index in [1.54, 1.807) is 6.92 Å². The number of ether oxygens (including phenoxy) is 2. The van der Waals surface area contributed by atoms with Crippen molar-refractivity contribution in [2.24, 2.45) is 23.7 Å². The summed E-state index contributed by atoms with van der Waals surface area (Å²) in [5, 5.41) is 0. The summed E-state index contributed by atoms with van der Waals surface area (Å²) in [5.41, 5.74) is 0. The van der Waals surface area contributed by atoms with Crippen molar-refractivity contribution in [3.05, 3.63) is 23.2 Å². The molecule has 0 saturated heterocycles. The van der Waals surface area contributed by atoms with Crippen LogP contribution in [0.4, 0.5) is 8.78 Å². The predicted molar refractivity (Wildman–Crippen MR) is 104 cm³/mol. The minimum absolute atomic E-state index is 0.127. The summed E-state index contributed by atoms with van der Waals surface area (Å²) < 4.78 is 39.2. The third-order valence-corrected chi connectivity index (χ3v) is 6.87. The van der Waals surface area contributed by atoms with Crippen LogP contribution in [-0.2, 0) is 9.47 Å². The molecule has 0 aromatic carbocycles. The van der Waals surface area contributed by atoms with Crippen molar-refractivity contribution < 1.29 is 18.3 Å². The molecule has 0 spiro atoms. The predicted octanol–water partition coefficient (Wildman–Crippen LogP) is 7.22. The van der Waals surface area contributed by atoms with Gasteiger partial charge in [0.1, 0.15) is 11.5 Å². The highest BCUT2D eigenvalue weighted by molar-refractivity contribution is 5.29. The molecule has 4 unspecified atom stereocenters. The molecule has 3 aliphatic rings. The molecule has 4 atom stereocenters. The van der Waals surface area contributed by atoms with Crippen LogP contribution < -0.4 is 0 Å². The Morgan fingerprint density at radius 2 is 1.41 bits per heavy atom. The van der Waals surface area contributed by atoms with Gasteiger partial charge in [-0.3, -0.25) is 0 Å². The van der Waals surface area contributed by atoms with E-state index in [9.17, 15) is 8.78 Å². The van der Waals surface area contributed by atoms with Gasteiger partial charge < -0.3 is 9.47 Å². The molecular formula is C23H36F2O2. The molecule has 2 fully saturated rings. The molecule has 0 aliphatic heterocycles. The number of hydrogen-bond acceptors (Lipinski definition) is 2. The summed E-state index contributed by atoms with van der Waals surface area (Å²) in [4.78, 5) is 0. The van der Waals surface area contributed by atoms with E-state index in [2.05, 4.69) is 6.92 Å². The van der Waals surface area contributed by atoms with Crippen LogP contribution in [0, 0.1) is 23.7 Å². The fourth-order valence-corrected chi connectivity index (χ4v) is 5.35. The highest BCUT2D eigenvalue weighted by Crippen LogP contribution is 2.46. The molecule has 0 bridgehead atoms. The van der Waals surface area contributed by atoms with Crippen molar-refractivity contribution in [3.63, 3.8) is 0 Å². The first-order valence-corrected chi connectivity index (χ1v) is 11.2. The number of rotatable bonds is 8. The van der Waals surface area contributed by atoms with Gasteiger partial charge in [-0.2, -0.15) is 8.78 Å². The second-order valence-corrected chi connectivity index (χ2v) is 8.74. The third kappa shape index (κ3) is 5.26. The summed E-state index contributed by atoms with van der Waals surface area (Å²) in [6, 6.07) is 0. The smallest absolute Gasteiger partial charge is 0.199 e. The Kier molecular flexibility index (Phi) is 7.60. The topological polar surface area (TPSA) is 18.5 Å². The van der Waals surface area contributed by atoms with Crippen LogP contribution in [-0.4, -0.2) is 13.2 Å². The average molecular weight is 383 g/mol. The monoisotopic (exact) mass is 382 g/mol. The zero-order chi connectivity index (χ0) is 19.2. The van der Waals surface area contributed by atoms with E-state index in [-0.39, 0.29) is 11.5 Å². The summed E-state index contributed by atoms with van der Waals surface area (Å²) in [5.74, 6) is 1.72. The molecular weight excluding hydrogens is 346 g/mol. The maximum Gasteiger partial charge on any atom is 0.199 e. The number of allylic oxidation sites excluding steroid dienone is 4. The zero-order valence-electron chi connectivity index (χ0n) is 17.1. The van der Waals surface area contributed by atoms with E-state index < -0.39 is 11.7 Å². The van der Waals surface area contributed by atoms with Gasteiger partial charge in [0.05, 0.1) is 13.2 Å². The number of fused-ring (bicyclic) bond motifs is 1. The minimum atomic E-state index is -0.868. The van der Waals surface area contributed by atoms with Gasteiger partial charge in [0.15, 0.2) is 11.7 Å². The second kappa shape index (κ2) is 9.93. The van der Waals surface area contributed by atoms with Gasteiger partial charge in [-0.15, -0.1) is 0 Å². The van der Waals surface area contributed by atoms with E-state index in [4.69, 9.17) is 9.47 Å². The van der Waals surface area contributed by atoms with Crippen LogP contribution in [0.2, 0.25) is 0 Å². The lowest BCUT2D eigenvalue weighted by molar-refractivity contribution is 0.0535. The first-order valence-electron chi connectivity index (χ1n) is 11.2.